The molecule has 3 aliphatic rings. The number of amides is 3. The van der Waals surface area contributed by atoms with Crippen molar-refractivity contribution in [2.24, 2.45) is 0 Å². The topological polar surface area (TPSA) is 61.9 Å². The van der Waals surface area contributed by atoms with E-state index in [0.717, 1.165) is 29.7 Å². The highest BCUT2D eigenvalue weighted by molar-refractivity contribution is 6.01. The standard InChI is InChI=1S/C25H25N3O3/c1-2-13-27-21-15-28(19-11-12-19)24(29)22(21)23(26-25(27)30)18-9-6-10-20(14-18)31-16-17-7-4-3-5-8-17/h2-10,14,19,23H,1,11-13,15-16H2,(H,26,30)/t23-/m1/s1. The zero-order chi connectivity index (χ0) is 21.4. The van der Waals surface area contributed by atoms with Gasteiger partial charge in [0.15, 0.2) is 0 Å². The Kier molecular flexibility index (Phi) is 4.98. The molecule has 2 heterocycles. The summed E-state index contributed by atoms with van der Waals surface area (Å²) in [7, 11) is 0. The lowest BCUT2D eigenvalue weighted by atomic mass is 9.95. The summed E-state index contributed by atoms with van der Waals surface area (Å²) in [6.07, 6.45) is 3.75. The second-order valence-electron chi connectivity index (χ2n) is 8.15. The molecule has 31 heavy (non-hydrogen) atoms. The van der Waals surface area contributed by atoms with Gasteiger partial charge in [0.2, 0.25) is 0 Å². The zero-order valence-corrected chi connectivity index (χ0v) is 17.3. The van der Waals surface area contributed by atoms with Gasteiger partial charge in [-0.3, -0.25) is 9.69 Å². The molecule has 0 aromatic heterocycles. The lowest BCUT2D eigenvalue weighted by Crippen LogP contribution is -2.47. The van der Waals surface area contributed by atoms with E-state index in [2.05, 4.69) is 11.9 Å². The molecule has 1 N–H and O–H groups in total. The third kappa shape index (κ3) is 3.69. The highest BCUT2D eigenvalue weighted by Crippen LogP contribution is 2.41. The van der Waals surface area contributed by atoms with Crippen LogP contribution >= 0.6 is 0 Å². The van der Waals surface area contributed by atoms with Gasteiger partial charge in [0, 0.05) is 12.6 Å². The van der Waals surface area contributed by atoms with Crippen molar-refractivity contribution in [3.8, 4) is 5.75 Å². The van der Waals surface area contributed by atoms with Crippen molar-refractivity contribution in [2.45, 2.75) is 31.5 Å². The van der Waals surface area contributed by atoms with Crippen molar-refractivity contribution in [1.29, 1.82) is 0 Å². The number of hydrogen-bond acceptors (Lipinski definition) is 3. The van der Waals surface area contributed by atoms with Crippen molar-refractivity contribution in [2.75, 3.05) is 13.1 Å². The Morgan fingerprint density at radius 3 is 2.65 bits per heavy atom. The first kappa shape index (κ1) is 19.4. The van der Waals surface area contributed by atoms with E-state index < -0.39 is 6.04 Å². The maximum atomic E-state index is 13.3. The fraction of sp³-hybridized carbons (Fsp3) is 0.280. The molecule has 0 spiro atoms. The molecule has 2 aromatic rings. The van der Waals surface area contributed by atoms with Gasteiger partial charge in [0.1, 0.15) is 12.4 Å². The van der Waals surface area contributed by atoms with Gasteiger partial charge in [-0.25, -0.2) is 4.79 Å². The molecule has 1 aliphatic carbocycles. The molecular formula is C25H25N3O3. The predicted octanol–water partition coefficient (Wildman–Crippen LogP) is 3.78. The monoisotopic (exact) mass is 415 g/mol. The number of urea groups is 1. The van der Waals surface area contributed by atoms with Crippen LogP contribution in [0.3, 0.4) is 0 Å². The normalized spacial score (nSPS) is 20.6. The van der Waals surface area contributed by atoms with E-state index in [1.54, 1.807) is 11.0 Å². The Balaban J connectivity index is 1.44. The summed E-state index contributed by atoms with van der Waals surface area (Å²) in [6.45, 7) is 5.08. The number of hydrogen-bond donors (Lipinski definition) is 1. The fourth-order valence-electron chi connectivity index (χ4n) is 4.29. The van der Waals surface area contributed by atoms with Crippen LogP contribution in [0.15, 0.2) is 78.5 Å². The second-order valence-corrected chi connectivity index (χ2v) is 8.15. The minimum absolute atomic E-state index is 0.0205. The molecule has 1 saturated carbocycles. The molecule has 6 heteroatoms. The summed E-state index contributed by atoms with van der Waals surface area (Å²) in [4.78, 5) is 29.7. The van der Waals surface area contributed by atoms with Gasteiger partial charge in [-0.1, -0.05) is 48.5 Å². The van der Waals surface area contributed by atoms with E-state index in [0.29, 0.717) is 37.1 Å². The fourth-order valence-corrected chi connectivity index (χ4v) is 4.29. The lowest BCUT2D eigenvalue weighted by Gasteiger charge is -2.33. The van der Waals surface area contributed by atoms with Crippen LogP contribution in [0.1, 0.15) is 30.0 Å². The van der Waals surface area contributed by atoms with Crippen LogP contribution in [0.4, 0.5) is 4.79 Å². The Labute approximate surface area is 181 Å². The SMILES string of the molecule is C=CCN1C(=O)N[C@H](c2cccc(OCc3ccccc3)c2)C2=C1CN(C1CC1)C2=O. The van der Waals surface area contributed by atoms with Crippen LogP contribution in [0.5, 0.6) is 5.75 Å². The first-order chi connectivity index (χ1) is 15.2. The molecule has 0 unspecified atom stereocenters. The summed E-state index contributed by atoms with van der Waals surface area (Å²) in [5.74, 6) is 0.725. The van der Waals surface area contributed by atoms with Crippen molar-refractivity contribution in [1.82, 2.24) is 15.1 Å². The molecule has 0 bridgehead atoms. The van der Waals surface area contributed by atoms with Crippen molar-refractivity contribution < 1.29 is 14.3 Å². The maximum Gasteiger partial charge on any atom is 0.322 e. The molecule has 2 aliphatic heterocycles. The highest BCUT2D eigenvalue weighted by atomic mass is 16.5. The predicted molar refractivity (Wildman–Crippen MR) is 117 cm³/mol. The molecule has 1 atom stereocenters. The first-order valence-electron chi connectivity index (χ1n) is 10.7. The third-order valence-electron chi connectivity index (χ3n) is 5.99. The van der Waals surface area contributed by atoms with Crippen molar-refractivity contribution >= 4 is 11.9 Å². The van der Waals surface area contributed by atoms with Crippen LogP contribution in [-0.4, -0.2) is 40.9 Å². The summed E-state index contributed by atoms with van der Waals surface area (Å²) in [5, 5.41) is 3.03. The average molecular weight is 415 g/mol. The van der Waals surface area contributed by atoms with Crippen LogP contribution in [-0.2, 0) is 11.4 Å². The third-order valence-corrected chi connectivity index (χ3v) is 5.99. The number of carbonyl (C=O) groups is 2. The van der Waals surface area contributed by atoms with E-state index in [1.165, 1.54) is 0 Å². The van der Waals surface area contributed by atoms with Gasteiger partial charge < -0.3 is 15.0 Å². The molecule has 6 nitrogen and oxygen atoms in total. The lowest BCUT2D eigenvalue weighted by molar-refractivity contribution is -0.126. The number of ether oxygens (including phenoxy) is 1. The first-order valence-corrected chi connectivity index (χ1v) is 10.7. The van der Waals surface area contributed by atoms with Gasteiger partial charge in [0.25, 0.3) is 5.91 Å². The molecule has 3 amide bonds. The number of rotatable bonds is 7. The van der Waals surface area contributed by atoms with Gasteiger partial charge in [-0.05, 0) is 36.1 Å². The number of nitrogens with one attached hydrogen (secondary N) is 1. The summed E-state index contributed by atoms with van der Waals surface area (Å²) >= 11 is 0. The van der Waals surface area contributed by atoms with E-state index in [9.17, 15) is 9.59 Å². The number of carbonyl (C=O) groups excluding carboxylic acids is 2. The van der Waals surface area contributed by atoms with Crippen LogP contribution in [0.2, 0.25) is 0 Å². The Morgan fingerprint density at radius 2 is 1.90 bits per heavy atom. The molecule has 0 radical (unpaired) electrons. The molecular weight excluding hydrogens is 390 g/mol. The van der Waals surface area contributed by atoms with Gasteiger partial charge in [-0.15, -0.1) is 6.58 Å². The molecule has 2 aromatic carbocycles. The summed E-state index contributed by atoms with van der Waals surface area (Å²) in [6, 6.07) is 17.2. The molecule has 5 rings (SSSR count). The Hall–Kier alpha value is -3.54. The summed E-state index contributed by atoms with van der Waals surface area (Å²) < 4.78 is 5.97. The quantitative estimate of drug-likeness (QED) is 0.700. The average Bonchev–Trinajstić information content (AvgIpc) is 3.58. The molecule has 0 saturated heterocycles. The van der Waals surface area contributed by atoms with Crippen LogP contribution in [0.25, 0.3) is 0 Å². The van der Waals surface area contributed by atoms with E-state index in [4.69, 9.17) is 4.74 Å². The molecule has 158 valence electrons. The van der Waals surface area contributed by atoms with Crippen LogP contribution in [0, 0.1) is 0 Å². The van der Waals surface area contributed by atoms with E-state index >= 15 is 0 Å². The van der Waals surface area contributed by atoms with Crippen molar-refractivity contribution in [3.05, 3.63) is 89.6 Å². The highest BCUT2D eigenvalue weighted by Gasteiger charge is 2.47. The van der Waals surface area contributed by atoms with Crippen LogP contribution < -0.4 is 10.1 Å². The van der Waals surface area contributed by atoms with Gasteiger partial charge in [0.05, 0.1) is 23.9 Å². The smallest absolute Gasteiger partial charge is 0.322 e. The maximum absolute atomic E-state index is 13.3. The Morgan fingerprint density at radius 1 is 1.10 bits per heavy atom. The minimum Gasteiger partial charge on any atom is -0.489 e. The summed E-state index contributed by atoms with van der Waals surface area (Å²) in [5.41, 5.74) is 3.38. The second kappa shape index (κ2) is 7.95. The largest absolute Gasteiger partial charge is 0.489 e. The van der Waals surface area contributed by atoms with E-state index in [1.807, 2.05) is 59.5 Å². The molecule has 1 fully saturated rings. The van der Waals surface area contributed by atoms with Crippen molar-refractivity contribution in [3.63, 3.8) is 0 Å². The van der Waals surface area contributed by atoms with Gasteiger partial charge >= 0.3 is 6.03 Å². The number of nitrogens with zero attached hydrogens (tertiary/aromatic N) is 2. The zero-order valence-electron chi connectivity index (χ0n) is 17.3. The van der Waals surface area contributed by atoms with Gasteiger partial charge in [-0.2, -0.15) is 0 Å². The number of benzene rings is 2. The Bertz CT molecular complexity index is 1060. The van der Waals surface area contributed by atoms with E-state index in [-0.39, 0.29) is 11.9 Å². The minimum atomic E-state index is -0.486.